The third-order valence-electron chi connectivity index (χ3n) is 4.26. The average Bonchev–Trinajstić information content (AvgIpc) is 2.56. The maximum absolute atomic E-state index is 13.9. The van der Waals surface area contributed by atoms with Gasteiger partial charge in [-0.3, -0.25) is 4.98 Å². The minimum Gasteiger partial charge on any atom is -0.395 e. The first-order chi connectivity index (χ1) is 10.8. The molecule has 0 amide bonds. The normalized spacial score (nSPS) is 19.3. The van der Waals surface area contributed by atoms with E-state index in [1.807, 2.05) is 24.3 Å². The molecule has 1 N–H and O–H groups in total. The molecular formula is C18H21FN2O. The van der Waals surface area contributed by atoms with Gasteiger partial charge in [0.15, 0.2) is 0 Å². The summed E-state index contributed by atoms with van der Waals surface area (Å²) in [6.45, 7) is 2.84. The predicted molar refractivity (Wildman–Crippen MR) is 85.1 cm³/mol. The van der Waals surface area contributed by atoms with E-state index in [-0.39, 0.29) is 12.4 Å². The number of likely N-dealkylation sites (tertiary alicyclic amines) is 1. The highest BCUT2D eigenvalue weighted by atomic mass is 19.1. The number of aliphatic hydroxyl groups excluding tert-OH is 1. The zero-order chi connectivity index (χ0) is 15.4. The summed E-state index contributed by atoms with van der Waals surface area (Å²) in [6, 6.07) is 12.6. The molecule has 2 aromatic rings. The molecule has 1 aromatic carbocycles. The van der Waals surface area contributed by atoms with Gasteiger partial charge in [0.1, 0.15) is 5.82 Å². The number of aromatic nitrogens is 1. The van der Waals surface area contributed by atoms with Gasteiger partial charge >= 0.3 is 0 Å². The van der Waals surface area contributed by atoms with Crippen molar-refractivity contribution in [3.8, 4) is 11.3 Å². The summed E-state index contributed by atoms with van der Waals surface area (Å²) in [5.74, 6) is 0.115. The minimum atomic E-state index is -0.238. The Hall–Kier alpha value is -1.78. The molecule has 1 atom stereocenters. The molecule has 0 spiro atoms. The number of aliphatic hydroxyl groups is 1. The Morgan fingerprint density at radius 1 is 1.18 bits per heavy atom. The van der Waals surface area contributed by atoms with Crippen molar-refractivity contribution in [3.63, 3.8) is 0 Å². The third-order valence-corrected chi connectivity index (χ3v) is 4.26. The Morgan fingerprint density at radius 3 is 2.86 bits per heavy atom. The summed E-state index contributed by atoms with van der Waals surface area (Å²) in [5.41, 5.74) is 2.26. The number of benzene rings is 1. The molecule has 4 heteroatoms. The van der Waals surface area contributed by atoms with Crippen LogP contribution < -0.4 is 0 Å². The minimum absolute atomic E-state index is 0.190. The van der Waals surface area contributed by atoms with E-state index in [4.69, 9.17) is 10.1 Å². The zero-order valence-corrected chi connectivity index (χ0v) is 12.6. The molecule has 3 nitrogen and oxygen atoms in total. The molecule has 22 heavy (non-hydrogen) atoms. The van der Waals surface area contributed by atoms with E-state index >= 15 is 0 Å². The van der Waals surface area contributed by atoms with Crippen LogP contribution in [0.5, 0.6) is 0 Å². The zero-order valence-electron chi connectivity index (χ0n) is 12.6. The smallest absolute Gasteiger partial charge is 0.132 e. The molecule has 0 unspecified atom stereocenters. The number of nitrogens with zero attached hydrogens (tertiary/aromatic N) is 2. The van der Waals surface area contributed by atoms with Gasteiger partial charge < -0.3 is 10.0 Å². The standard InChI is InChI=1S/C18H21FN2O/c19-16-7-2-1-6-15(16)18-9-3-8-17(20-18)14-5-4-10-21(13-14)11-12-22/h1-3,6-9,14,22H,4-5,10-13H2/t14-/m1/s1. The molecule has 116 valence electrons. The van der Waals surface area contributed by atoms with Crippen molar-refractivity contribution < 1.29 is 9.50 Å². The fourth-order valence-corrected chi connectivity index (χ4v) is 3.14. The molecule has 1 aliphatic heterocycles. The number of halogens is 1. The Balaban J connectivity index is 1.83. The van der Waals surface area contributed by atoms with Gasteiger partial charge in [0.05, 0.1) is 12.3 Å². The van der Waals surface area contributed by atoms with Crippen LogP contribution in [0, 0.1) is 5.82 Å². The first-order valence-electron chi connectivity index (χ1n) is 7.83. The van der Waals surface area contributed by atoms with Crippen LogP contribution in [0.25, 0.3) is 11.3 Å². The van der Waals surface area contributed by atoms with Gasteiger partial charge in [0, 0.05) is 30.3 Å². The third kappa shape index (κ3) is 3.34. The first-order valence-corrected chi connectivity index (χ1v) is 7.83. The molecule has 2 heterocycles. The van der Waals surface area contributed by atoms with Gasteiger partial charge in [-0.1, -0.05) is 18.2 Å². The molecule has 1 aliphatic rings. The Bertz CT molecular complexity index is 630. The highest BCUT2D eigenvalue weighted by Gasteiger charge is 2.22. The van der Waals surface area contributed by atoms with Crippen LogP contribution in [0.15, 0.2) is 42.5 Å². The molecular weight excluding hydrogens is 279 g/mol. The monoisotopic (exact) mass is 300 g/mol. The van der Waals surface area contributed by atoms with Gasteiger partial charge in [0.25, 0.3) is 0 Å². The molecule has 0 saturated carbocycles. The topological polar surface area (TPSA) is 36.4 Å². The van der Waals surface area contributed by atoms with Crippen molar-refractivity contribution in [3.05, 3.63) is 54.0 Å². The lowest BCUT2D eigenvalue weighted by Crippen LogP contribution is -2.36. The summed E-state index contributed by atoms with van der Waals surface area (Å²) < 4.78 is 13.9. The molecule has 0 radical (unpaired) electrons. The van der Waals surface area contributed by atoms with Crippen LogP contribution in [0.2, 0.25) is 0 Å². The van der Waals surface area contributed by atoms with E-state index in [2.05, 4.69) is 4.90 Å². The van der Waals surface area contributed by atoms with E-state index in [1.54, 1.807) is 12.1 Å². The average molecular weight is 300 g/mol. The van der Waals surface area contributed by atoms with E-state index in [0.717, 1.165) is 31.6 Å². The number of β-amino-alcohol motifs (C(OH)–C–C–N with tert-alkyl or cyclic N) is 1. The Kier molecular flexibility index (Phi) is 4.80. The second kappa shape index (κ2) is 6.99. The van der Waals surface area contributed by atoms with Gasteiger partial charge in [-0.05, 0) is 43.7 Å². The van der Waals surface area contributed by atoms with Crippen molar-refractivity contribution in [2.75, 3.05) is 26.2 Å². The van der Waals surface area contributed by atoms with E-state index in [1.165, 1.54) is 6.07 Å². The summed E-state index contributed by atoms with van der Waals surface area (Å²) in [4.78, 5) is 6.96. The lowest BCUT2D eigenvalue weighted by molar-refractivity contribution is 0.160. The Labute approximate surface area is 130 Å². The maximum atomic E-state index is 13.9. The summed E-state index contributed by atoms with van der Waals surface area (Å²) >= 11 is 0. The fourth-order valence-electron chi connectivity index (χ4n) is 3.14. The quantitative estimate of drug-likeness (QED) is 0.943. The number of hydrogen-bond donors (Lipinski definition) is 1. The van der Waals surface area contributed by atoms with Crippen molar-refractivity contribution in [2.45, 2.75) is 18.8 Å². The van der Waals surface area contributed by atoms with Gasteiger partial charge in [-0.2, -0.15) is 0 Å². The van der Waals surface area contributed by atoms with Crippen LogP contribution in [0.3, 0.4) is 0 Å². The van der Waals surface area contributed by atoms with Gasteiger partial charge in [-0.15, -0.1) is 0 Å². The summed E-state index contributed by atoms with van der Waals surface area (Å²) in [6.07, 6.45) is 2.20. The largest absolute Gasteiger partial charge is 0.395 e. The lowest BCUT2D eigenvalue weighted by atomic mass is 9.94. The van der Waals surface area contributed by atoms with E-state index < -0.39 is 0 Å². The van der Waals surface area contributed by atoms with E-state index in [9.17, 15) is 4.39 Å². The van der Waals surface area contributed by atoms with Crippen molar-refractivity contribution in [1.29, 1.82) is 0 Å². The molecule has 3 rings (SSSR count). The van der Waals surface area contributed by atoms with Gasteiger partial charge in [0.2, 0.25) is 0 Å². The molecule has 1 aromatic heterocycles. The van der Waals surface area contributed by atoms with Crippen molar-refractivity contribution >= 4 is 0 Å². The molecule has 0 aliphatic carbocycles. The summed E-state index contributed by atoms with van der Waals surface area (Å²) in [7, 11) is 0. The SMILES string of the molecule is OCCN1CCC[C@@H](c2cccc(-c3ccccc3F)n2)C1. The van der Waals surface area contributed by atoms with Crippen molar-refractivity contribution in [2.24, 2.45) is 0 Å². The molecule has 0 bridgehead atoms. The lowest BCUT2D eigenvalue weighted by Gasteiger charge is -2.32. The highest BCUT2D eigenvalue weighted by Crippen LogP contribution is 2.28. The van der Waals surface area contributed by atoms with Crippen LogP contribution in [0.4, 0.5) is 4.39 Å². The van der Waals surface area contributed by atoms with Crippen LogP contribution in [-0.2, 0) is 0 Å². The number of piperidine rings is 1. The van der Waals surface area contributed by atoms with Crippen LogP contribution in [0.1, 0.15) is 24.5 Å². The number of pyridine rings is 1. The molecule has 1 saturated heterocycles. The van der Waals surface area contributed by atoms with E-state index in [0.29, 0.717) is 23.7 Å². The summed E-state index contributed by atoms with van der Waals surface area (Å²) in [5, 5.41) is 9.10. The van der Waals surface area contributed by atoms with Gasteiger partial charge in [-0.25, -0.2) is 4.39 Å². The van der Waals surface area contributed by atoms with Crippen LogP contribution >= 0.6 is 0 Å². The second-order valence-electron chi connectivity index (χ2n) is 5.79. The number of rotatable bonds is 4. The Morgan fingerprint density at radius 2 is 2.05 bits per heavy atom. The van der Waals surface area contributed by atoms with Crippen LogP contribution in [-0.4, -0.2) is 41.2 Å². The fraction of sp³-hybridized carbons (Fsp3) is 0.389. The van der Waals surface area contributed by atoms with Crippen molar-refractivity contribution in [1.82, 2.24) is 9.88 Å². The highest BCUT2D eigenvalue weighted by molar-refractivity contribution is 5.59. The predicted octanol–water partition coefficient (Wildman–Crippen LogP) is 3.06. The maximum Gasteiger partial charge on any atom is 0.132 e. The second-order valence-corrected chi connectivity index (χ2v) is 5.79. The molecule has 1 fully saturated rings. The first kappa shape index (κ1) is 15.1. The number of hydrogen-bond acceptors (Lipinski definition) is 3.